The number of carbonyl (C=O) groups excluding carboxylic acids is 1. The molecular formula is C22H34O9. The molecule has 2 unspecified atom stereocenters. The Labute approximate surface area is 182 Å². The smallest absolute Gasteiger partial charge is 0.434 e. The number of rotatable bonds is 9. The fourth-order valence-corrected chi connectivity index (χ4v) is 3.33. The van der Waals surface area contributed by atoms with Crippen LogP contribution >= 0.6 is 0 Å². The Balaban J connectivity index is 1.82. The maximum Gasteiger partial charge on any atom is 0.513 e. The summed E-state index contributed by atoms with van der Waals surface area (Å²) < 4.78 is 21.3. The van der Waals surface area contributed by atoms with Crippen molar-refractivity contribution >= 4 is 6.16 Å². The molecule has 9 nitrogen and oxygen atoms in total. The lowest BCUT2D eigenvalue weighted by molar-refractivity contribution is -0.301. The van der Waals surface area contributed by atoms with Gasteiger partial charge in [-0.2, -0.15) is 0 Å². The summed E-state index contributed by atoms with van der Waals surface area (Å²) in [6.45, 7) is 7.62. The first-order chi connectivity index (χ1) is 14.7. The number of aliphatic hydroxyl groups excluding tert-OH is 4. The highest BCUT2D eigenvalue weighted by Crippen LogP contribution is 2.34. The van der Waals surface area contributed by atoms with E-state index < -0.39 is 43.5 Å². The van der Waals surface area contributed by atoms with E-state index in [1.807, 2.05) is 45.9 Å². The fourth-order valence-electron chi connectivity index (χ4n) is 3.33. The molecular weight excluding hydrogens is 408 g/mol. The third-order valence-corrected chi connectivity index (χ3v) is 5.14. The van der Waals surface area contributed by atoms with Crippen LogP contribution in [0.25, 0.3) is 0 Å². The predicted octanol–water partition coefficient (Wildman–Crippen LogP) is 1.66. The van der Waals surface area contributed by atoms with Crippen molar-refractivity contribution in [3.63, 3.8) is 0 Å². The molecule has 1 aliphatic rings. The van der Waals surface area contributed by atoms with E-state index in [4.69, 9.17) is 18.9 Å². The molecule has 1 aromatic rings. The molecule has 1 heterocycles. The van der Waals surface area contributed by atoms with Gasteiger partial charge in [0.25, 0.3) is 0 Å². The number of hydrogen-bond donors (Lipinski definition) is 4. The molecule has 2 rings (SSSR count). The zero-order valence-corrected chi connectivity index (χ0v) is 18.4. The number of hydrogen-bond acceptors (Lipinski definition) is 9. The molecule has 1 aliphatic heterocycles. The molecule has 31 heavy (non-hydrogen) atoms. The number of benzene rings is 1. The van der Waals surface area contributed by atoms with Gasteiger partial charge in [-0.3, -0.25) is 0 Å². The van der Waals surface area contributed by atoms with Gasteiger partial charge >= 0.3 is 6.16 Å². The monoisotopic (exact) mass is 442 g/mol. The highest BCUT2D eigenvalue weighted by Gasteiger charge is 2.43. The molecule has 0 amide bonds. The lowest BCUT2D eigenvalue weighted by Gasteiger charge is -2.39. The molecule has 5 atom stereocenters. The molecule has 0 saturated carbocycles. The lowest BCUT2D eigenvalue weighted by atomic mass is 9.94. The van der Waals surface area contributed by atoms with Gasteiger partial charge in [0.1, 0.15) is 30.2 Å². The van der Waals surface area contributed by atoms with Crippen LogP contribution in [0.2, 0.25) is 0 Å². The normalized spacial score (nSPS) is 26.3. The molecule has 0 radical (unpaired) electrons. The van der Waals surface area contributed by atoms with Crippen molar-refractivity contribution < 1.29 is 44.2 Å². The van der Waals surface area contributed by atoms with Gasteiger partial charge in [-0.1, -0.05) is 45.9 Å². The summed E-state index contributed by atoms with van der Waals surface area (Å²) in [5.74, 6) is 0.872. The predicted molar refractivity (Wildman–Crippen MR) is 111 cm³/mol. The van der Waals surface area contributed by atoms with E-state index in [1.165, 1.54) is 0 Å². The second-order valence-electron chi connectivity index (χ2n) is 8.20. The Bertz CT molecular complexity index is 678. The minimum Gasteiger partial charge on any atom is -0.434 e. The molecule has 1 aromatic carbocycles. The Kier molecular flexibility index (Phi) is 9.67. The molecule has 0 spiro atoms. The maximum atomic E-state index is 12.2. The van der Waals surface area contributed by atoms with Crippen LogP contribution in [0.5, 0.6) is 5.75 Å². The number of ether oxygens (including phenoxy) is 4. The summed E-state index contributed by atoms with van der Waals surface area (Å²) in [4.78, 5) is 12.2. The molecule has 4 N–H and O–H groups in total. The van der Waals surface area contributed by atoms with Crippen molar-refractivity contribution in [2.45, 2.75) is 76.7 Å². The minimum atomic E-state index is -1.50. The highest BCUT2D eigenvalue weighted by molar-refractivity contribution is 5.66. The quantitative estimate of drug-likeness (QED) is 0.256. The average Bonchev–Trinajstić information content (AvgIpc) is 2.73. The van der Waals surface area contributed by atoms with Crippen molar-refractivity contribution in [1.29, 1.82) is 0 Å². The maximum absolute atomic E-state index is 12.2. The second kappa shape index (κ2) is 11.8. The third-order valence-electron chi connectivity index (χ3n) is 5.14. The number of para-hydroxylation sites is 1. The second-order valence-corrected chi connectivity index (χ2v) is 8.20. The third kappa shape index (κ3) is 6.61. The fraction of sp³-hybridized carbons (Fsp3) is 0.682. The minimum absolute atomic E-state index is 0.0110. The zero-order chi connectivity index (χ0) is 23.1. The van der Waals surface area contributed by atoms with Crippen molar-refractivity contribution in [2.75, 3.05) is 19.8 Å². The van der Waals surface area contributed by atoms with Gasteiger partial charge in [-0.25, -0.2) is 4.79 Å². The Hall–Kier alpha value is -1.75. The van der Waals surface area contributed by atoms with Gasteiger partial charge in [0, 0.05) is 6.42 Å². The van der Waals surface area contributed by atoms with Gasteiger partial charge in [0.2, 0.25) is 0 Å². The summed E-state index contributed by atoms with van der Waals surface area (Å²) >= 11 is 0. The van der Waals surface area contributed by atoms with E-state index in [0.29, 0.717) is 5.75 Å². The molecule has 0 aliphatic carbocycles. The lowest BCUT2D eigenvalue weighted by Crippen LogP contribution is -2.59. The molecule has 0 bridgehead atoms. The molecule has 0 aromatic heterocycles. The van der Waals surface area contributed by atoms with Gasteiger partial charge in [0.15, 0.2) is 6.29 Å². The van der Waals surface area contributed by atoms with Crippen LogP contribution in [-0.2, 0) is 14.2 Å². The van der Waals surface area contributed by atoms with Gasteiger partial charge < -0.3 is 39.4 Å². The largest absolute Gasteiger partial charge is 0.513 e. The number of aliphatic hydroxyl groups is 4. The van der Waals surface area contributed by atoms with Crippen LogP contribution in [0.1, 0.15) is 57.1 Å². The highest BCUT2D eigenvalue weighted by atomic mass is 16.7. The zero-order valence-electron chi connectivity index (χ0n) is 18.4. The Morgan fingerprint density at radius 3 is 2.16 bits per heavy atom. The van der Waals surface area contributed by atoms with Crippen LogP contribution in [0, 0.1) is 0 Å². The molecule has 1 fully saturated rings. The van der Waals surface area contributed by atoms with E-state index in [0.717, 1.165) is 11.1 Å². The van der Waals surface area contributed by atoms with Gasteiger partial charge in [0.05, 0.1) is 19.8 Å². The standard InChI is InChI=1S/C22H34O9/c1-12(2)14-7-5-8-15(13(3)4)20(14)31-22(27)29-10-6-9-28-21-19(26)18(25)17(24)16(11-23)30-21/h5,7-8,12-13,16-19,21,23-26H,6,9-11H2,1-4H3/t16?,17-,18?,19-,21+/m1/s1. The first-order valence-corrected chi connectivity index (χ1v) is 10.6. The molecule has 176 valence electrons. The van der Waals surface area contributed by atoms with Crippen LogP contribution in [-0.4, -0.2) is 77.1 Å². The summed E-state index contributed by atoms with van der Waals surface area (Å²) in [5, 5.41) is 38.6. The molecule has 9 heteroatoms. The van der Waals surface area contributed by atoms with E-state index in [-0.39, 0.29) is 31.5 Å². The first kappa shape index (κ1) is 25.5. The van der Waals surface area contributed by atoms with Crippen LogP contribution < -0.4 is 4.74 Å². The first-order valence-electron chi connectivity index (χ1n) is 10.6. The van der Waals surface area contributed by atoms with Crippen LogP contribution in [0.3, 0.4) is 0 Å². The summed E-state index contributed by atoms with van der Waals surface area (Å²) in [5.41, 5.74) is 1.85. The van der Waals surface area contributed by atoms with E-state index in [9.17, 15) is 25.2 Å². The van der Waals surface area contributed by atoms with E-state index in [2.05, 4.69) is 0 Å². The van der Waals surface area contributed by atoms with Crippen molar-refractivity contribution in [1.82, 2.24) is 0 Å². The van der Waals surface area contributed by atoms with Crippen molar-refractivity contribution in [2.24, 2.45) is 0 Å². The Morgan fingerprint density at radius 1 is 1.00 bits per heavy atom. The van der Waals surface area contributed by atoms with Crippen molar-refractivity contribution in [3.05, 3.63) is 29.3 Å². The van der Waals surface area contributed by atoms with Crippen LogP contribution in [0.15, 0.2) is 18.2 Å². The van der Waals surface area contributed by atoms with E-state index in [1.54, 1.807) is 0 Å². The topological polar surface area (TPSA) is 135 Å². The number of carbonyl (C=O) groups is 1. The van der Waals surface area contributed by atoms with Gasteiger partial charge in [-0.05, 0) is 23.0 Å². The average molecular weight is 443 g/mol. The van der Waals surface area contributed by atoms with Gasteiger partial charge in [-0.15, -0.1) is 0 Å². The molecule has 1 saturated heterocycles. The summed E-state index contributed by atoms with van der Waals surface area (Å²) in [7, 11) is 0. The van der Waals surface area contributed by atoms with Crippen LogP contribution in [0.4, 0.5) is 4.79 Å². The Morgan fingerprint density at radius 2 is 1.61 bits per heavy atom. The summed E-state index contributed by atoms with van der Waals surface area (Å²) in [6, 6.07) is 5.79. The summed E-state index contributed by atoms with van der Waals surface area (Å²) in [6.07, 6.45) is -7.19. The SMILES string of the molecule is CC(C)c1cccc(C(C)C)c1OC(=O)OCCCO[C@H]1OC(CO)[C@@H](O)C(O)[C@H]1O. The van der Waals surface area contributed by atoms with Crippen molar-refractivity contribution in [3.8, 4) is 5.75 Å². The van der Waals surface area contributed by atoms with E-state index >= 15 is 0 Å².